The van der Waals surface area contributed by atoms with E-state index in [4.69, 9.17) is 0 Å². The Morgan fingerprint density at radius 2 is 2.12 bits per heavy atom. The molecule has 1 aromatic rings. The third-order valence-corrected chi connectivity index (χ3v) is 3.93. The standard InChI is InChI=1S/C13H17NOS/c1-10-3-2-4-12(9-10)14-13(15)11-5-7-16-8-6-11/h2-4,9,11H,5-8H2,1H3,(H,14,15). The predicted molar refractivity (Wildman–Crippen MR) is 69.9 cm³/mol. The Bertz CT molecular complexity index is 372. The first-order valence-corrected chi connectivity index (χ1v) is 6.86. The highest BCUT2D eigenvalue weighted by Gasteiger charge is 2.21. The number of carbonyl (C=O) groups is 1. The highest BCUT2D eigenvalue weighted by molar-refractivity contribution is 7.99. The molecule has 1 fully saturated rings. The zero-order valence-corrected chi connectivity index (χ0v) is 10.3. The van der Waals surface area contributed by atoms with Crippen molar-refractivity contribution in [2.75, 3.05) is 16.8 Å². The van der Waals surface area contributed by atoms with Crippen molar-refractivity contribution >= 4 is 23.4 Å². The lowest BCUT2D eigenvalue weighted by molar-refractivity contribution is -0.120. The number of amides is 1. The summed E-state index contributed by atoms with van der Waals surface area (Å²) in [6.45, 7) is 2.03. The molecule has 1 heterocycles. The summed E-state index contributed by atoms with van der Waals surface area (Å²) < 4.78 is 0. The Kier molecular flexibility index (Phi) is 3.88. The van der Waals surface area contributed by atoms with Gasteiger partial charge in [0.05, 0.1) is 0 Å². The number of nitrogens with one attached hydrogen (secondary N) is 1. The number of anilines is 1. The second-order valence-corrected chi connectivity index (χ2v) is 5.47. The molecule has 1 amide bonds. The molecule has 0 spiro atoms. The topological polar surface area (TPSA) is 29.1 Å². The Labute approximate surface area is 101 Å². The van der Waals surface area contributed by atoms with E-state index >= 15 is 0 Å². The van der Waals surface area contributed by atoms with Gasteiger partial charge in [0.25, 0.3) is 0 Å². The molecule has 1 saturated heterocycles. The molecule has 86 valence electrons. The molecule has 2 rings (SSSR count). The summed E-state index contributed by atoms with van der Waals surface area (Å²) in [5.74, 6) is 2.63. The van der Waals surface area contributed by atoms with E-state index in [1.54, 1.807) is 0 Å². The Morgan fingerprint density at radius 3 is 2.81 bits per heavy atom. The summed E-state index contributed by atoms with van der Waals surface area (Å²) in [6.07, 6.45) is 2.03. The molecule has 1 aromatic carbocycles. The van der Waals surface area contributed by atoms with Crippen LogP contribution in [0.5, 0.6) is 0 Å². The van der Waals surface area contributed by atoms with Crippen LogP contribution in [0.4, 0.5) is 5.69 Å². The van der Waals surface area contributed by atoms with E-state index in [1.165, 1.54) is 5.56 Å². The maximum atomic E-state index is 12.0. The normalized spacial score (nSPS) is 17.1. The van der Waals surface area contributed by atoms with Crippen LogP contribution in [-0.4, -0.2) is 17.4 Å². The minimum atomic E-state index is 0.186. The van der Waals surface area contributed by atoms with Gasteiger partial charge in [0.1, 0.15) is 0 Å². The maximum absolute atomic E-state index is 12.0. The van der Waals surface area contributed by atoms with Crippen LogP contribution in [-0.2, 0) is 4.79 Å². The lowest BCUT2D eigenvalue weighted by Crippen LogP contribution is -2.26. The molecule has 3 heteroatoms. The Morgan fingerprint density at radius 1 is 1.38 bits per heavy atom. The molecule has 1 aliphatic heterocycles. The van der Waals surface area contributed by atoms with Gasteiger partial charge >= 0.3 is 0 Å². The summed E-state index contributed by atoms with van der Waals surface area (Å²) in [6, 6.07) is 7.96. The summed E-state index contributed by atoms with van der Waals surface area (Å²) in [5, 5.41) is 3.00. The van der Waals surface area contributed by atoms with E-state index in [9.17, 15) is 4.79 Å². The summed E-state index contributed by atoms with van der Waals surface area (Å²) in [5.41, 5.74) is 2.10. The van der Waals surface area contributed by atoms with Crippen molar-refractivity contribution in [1.29, 1.82) is 0 Å². The third kappa shape index (κ3) is 3.01. The zero-order valence-electron chi connectivity index (χ0n) is 9.53. The van der Waals surface area contributed by atoms with Gasteiger partial charge in [-0.1, -0.05) is 12.1 Å². The molecule has 0 aromatic heterocycles. The molecule has 0 saturated carbocycles. The summed E-state index contributed by atoms with van der Waals surface area (Å²) in [4.78, 5) is 12.0. The van der Waals surface area contributed by atoms with E-state index in [0.717, 1.165) is 30.0 Å². The molecule has 0 atom stereocenters. The molecule has 1 N–H and O–H groups in total. The van der Waals surface area contributed by atoms with Crippen LogP contribution in [0.15, 0.2) is 24.3 Å². The van der Waals surface area contributed by atoms with Gasteiger partial charge in [0, 0.05) is 11.6 Å². The Balaban J connectivity index is 1.96. The monoisotopic (exact) mass is 235 g/mol. The van der Waals surface area contributed by atoms with Gasteiger partial charge in [-0.25, -0.2) is 0 Å². The molecule has 0 unspecified atom stereocenters. The first-order chi connectivity index (χ1) is 7.75. The fourth-order valence-electron chi connectivity index (χ4n) is 1.93. The molecular formula is C13H17NOS. The lowest BCUT2D eigenvalue weighted by atomic mass is 10.0. The number of hydrogen-bond donors (Lipinski definition) is 1. The molecular weight excluding hydrogens is 218 g/mol. The van der Waals surface area contributed by atoms with Crippen molar-refractivity contribution in [3.8, 4) is 0 Å². The SMILES string of the molecule is Cc1cccc(NC(=O)C2CCSCC2)c1. The van der Waals surface area contributed by atoms with Crippen LogP contribution in [0.1, 0.15) is 18.4 Å². The van der Waals surface area contributed by atoms with Crippen LogP contribution in [0.25, 0.3) is 0 Å². The molecule has 2 nitrogen and oxygen atoms in total. The first-order valence-electron chi connectivity index (χ1n) is 5.71. The van der Waals surface area contributed by atoms with E-state index in [2.05, 4.69) is 5.32 Å². The second kappa shape index (κ2) is 5.39. The van der Waals surface area contributed by atoms with Gasteiger partial charge in [0.2, 0.25) is 5.91 Å². The van der Waals surface area contributed by atoms with Gasteiger partial charge in [-0.15, -0.1) is 0 Å². The van der Waals surface area contributed by atoms with Gasteiger partial charge in [-0.05, 0) is 49.0 Å². The van der Waals surface area contributed by atoms with Crippen molar-refractivity contribution in [2.45, 2.75) is 19.8 Å². The minimum absolute atomic E-state index is 0.186. The number of rotatable bonds is 2. The van der Waals surface area contributed by atoms with E-state index < -0.39 is 0 Å². The molecule has 1 aliphatic rings. The van der Waals surface area contributed by atoms with Gasteiger partial charge in [-0.2, -0.15) is 11.8 Å². The number of benzene rings is 1. The Hall–Kier alpha value is -0.960. The quantitative estimate of drug-likeness (QED) is 0.853. The average Bonchev–Trinajstić information content (AvgIpc) is 2.30. The van der Waals surface area contributed by atoms with Crippen molar-refractivity contribution in [3.63, 3.8) is 0 Å². The summed E-state index contributed by atoms with van der Waals surface area (Å²) >= 11 is 1.94. The lowest BCUT2D eigenvalue weighted by Gasteiger charge is -2.20. The fourth-order valence-corrected chi connectivity index (χ4v) is 3.03. The van der Waals surface area contributed by atoms with Crippen LogP contribution in [0, 0.1) is 12.8 Å². The minimum Gasteiger partial charge on any atom is -0.326 e. The highest BCUT2D eigenvalue weighted by atomic mass is 32.2. The number of hydrogen-bond acceptors (Lipinski definition) is 2. The van der Waals surface area contributed by atoms with Crippen LogP contribution in [0.3, 0.4) is 0 Å². The zero-order chi connectivity index (χ0) is 11.4. The van der Waals surface area contributed by atoms with Crippen LogP contribution < -0.4 is 5.32 Å². The van der Waals surface area contributed by atoms with Gasteiger partial charge in [0.15, 0.2) is 0 Å². The van der Waals surface area contributed by atoms with Gasteiger partial charge < -0.3 is 5.32 Å². The van der Waals surface area contributed by atoms with E-state index in [-0.39, 0.29) is 11.8 Å². The first kappa shape index (κ1) is 11.5. The van der Waals surface area contributed by atoms with E-state index in [1.807, 2.05) is 43.0 Å². The van der Waals surface area contributed by atoms with Crippen LogP contribution in [0.2, 0.25) is 0 Å². The highest BCUT2D eigenvalue weighted by Crippen LogP contribution is 2.24. The smallest absolute Gasteiger partial charge is 0.227 e. The average molecular weight is 235 g/mol. The molecule has 0 radical (unpaired) electrons. The van der Waals surface area contributed by atoms with Crippen molar-refractivity contribution < 1.29 is 4.79 Å². The maximum Gasteiger partial charge on any atom is 0.227 e. The largest absolute Gasteiger partial charge is 0.326 e. The molecule has 0 aliphatic carbocycles. The second-order valence-electron chi connectivity index (χ2n) is 4.25. The van der Waals surface area contributed by atoms with E-state index in [0.29, 0.717) is 0 Å². The molecule has 0 bridgehead atoms. The van der Waals surface area contributed by atoms with Crippen LogP contribution >= 0.6 is 11.8 Å². The van der Waals surface area contributed by atoms with Gasteiger partial charge in [-0.3, -0.25) is 4.79 Å². The number of carbonyl (C=O) groups excluding carboxylic acids is 1. The molecule has 16 heavy (non-hydrogen) atoms. The van der Waals surface area contributed by atoms with Crippen molar-refractivity contribution in [1.82, 2.24) is 0 Å². The third-order valence-electron chi connectivity index (χ3n) is 2.88. The number of thioether (sulfide) groups is 1. The number of aryl methyl sites for hydroxylation is 1. The van der Waals surface area contributed by atoms with Crippen molar-refractivity contribution in [3.05, 3.63) is 29.8 Å². The van der Waals surface area contributed by atoms with Crippen molar-refractivity contribution in [2.24, 2.45) is 5.92 Å². The summed E-state index contributed by atoms with van der Waals surface area (Å²) in [7, 11) is 0. The fraction of sp³-hybridized carbons (Fsp3) is 0.462. The predicted octanol–water partition coefficient (Wildman–Crippen LogP) is 3.08.